The summed E-state index contributed by atoms with van der Waals surface area (Å²) in [5, 5.41) is 0. The van der Waals surface area contributed by atoms with E-state index in [0.717, 1.165) is 12.8 Å². The van der Waals surface area contributed by atoms with Crippen LogP contribution in [0.5, 0.6) is 0 Å². The smallest absolute Gasteiger partial charge is 0.172 e. The minimum Gasteiger partial charge on any atom is -0.214 e. The van der Waals surface area contributed by atoms with E-state index in [1.165, 1.54) is 53.8 Å². The molecule has 0 spiro atoms. The second kappa shape index (κ2) is 14.5. The minimum atomic E-state index is 0. The zero-order valence-electron chi connectivity index (χ0n) is 28.5. The molecule has 4 aliphatic rings. The average Bonchev–Trinajstić information content (AvgIpc) is 3.70. The molecule has 3 aromatic rings. The van der Waals surface area contributed by atoms with Gasteiger partial charge >= 0.3 is 70.3 Å². The van der Waals surface area contributed by atoms with Gasteiger partial charge < -0.3 is 24.8 Å². The summed E-state index contributed by atoms with van der Waals surface area (Å²) in [7, 11) is 0. The third-order valence-corrected chi connectivity index (χ3v) is 13.0. The first-order chi connectivity index (χ1) is 20.4. The number of hydrogen-bond donors (Lipinski definition) is 0. The normalized spacial score (nSPS) is 24.1. The van der Waals surface area contributed by atoms with Crippen molar-refractivity contribution in [2.24, 2.45) is 27.6 Å². The van der Waals surface area contributed by atoms with E-state index in [0.29, 0.717) is 5.92 Å². The molecule has 1 fully saturated rings. The molecule has 3 heteroatoms. The van der Waals surface area contributed by atoms with Crippen LogP contribution in [0.3, 0.4) is 0 Å². The van der Waals surface area contributed by atoms with Gasteiger partial charge in [-0.05, 0) is 40.6 Å². The summed E-state index contributed by atoms with van der Waals surface area (Å²) in [6, 6.07) is 29.7. The maximum atomic E-state index is 2.62. The van der Waals surface area contributed by atoms with Crippen LogP contribution < -0.4 is 24.8 Å². The minimum absolute atomic E-state index is 0. The first-order valence-electron chi connectivity index (χ1n) is 16.2. The number of fused-ring (bicyclic) bond motifs is 6. The molecule has 0 amide bonds. The summed E-state index contributed by atoms with van der Waals surface area (Å²) in [5.41, 5.74) is 11.7. The van der Waals surface area contributed by atoms with E-state index in [4.69, 9.17) is 0 Å². The van der Waals surface area contributed by atoms with Gasteiger partial charge in [0, 0.05) is 0 Å². The molecule has 2 unspecified atom stereocenters. The van der Waals surface area contributed by atoms with Crippen LogP contribution in [0.15, 0.2) is 114 Å². The van der Waals surface area contributed by atoms with Gasteiger partial charge in [0.25, 0.3) is 0 Å². The van der Waals surface area contributed by atoms with E-state index >= 15 is 0 Å². The first kappa shape index (κ1) is 37.7. The molecule has 0 nitrogen and oxygen atoms in total. The SMILES string of the molecule is C[C-]1C2=C3Cc4ccccc4C3=C3C=CCCC3C2(C)C(C)(C)C(C)(C)C1(C)C.[Cl-].[Cl-].[Zr+2]=[CH]Cc1ccccc1.c1cc[cH-]c1. The van der Waals surface area contributed by atoms with Crippen LogP contribution in [0.4, 0.5) is 0 Å². The fourth-order valence-corrected chi connectivity index (χ4v) is 9.20. The molecule has 45 heavy (non-hydrogen) atoms. The number of hydrogen-bond acceptors (Lipinski definition) is 0. The van der Waals surface area contributed by atoms with Crippen molar-refractivity contribution in [3.63, 3.8) is 0 Å². The summed E-state index contributed by atoms with van der Waals surface area (Å²) in [6.45, 7) is 20.3. The molecular formula is C42H50Cl2Zr-2. The monoisotopic (exact) mass is 714 g/mol. The van der Waals surface area contributed by atoms with Crippen molar-refractivity contribution in [3.8, 4) is 0 Å². The molecule has 0 radical (unpaired) electrons. The van der Waals surface area contributed by atoms with E-state index in [-0.39, 0.29) is 46.5 Å². The van der Waals surface area contributed by atoms with Crippen LogP contribution in [0.25, 0.3) is 5.57 Å². The fraction of sp³-hybridized carbons (Fsp3) is 0.405. The van der Waals surface area contributed by atoms with Crippen LogP contribution in [0, 0.1) is 33.5 Å². The molecule has 1 saturated carbocycles. The number of benzene rings is 2. The molecule has 4 aliphatic carbocycles. The van der Waals surface area contributed by atoms with Gasteiger partial charge in [0.15, 0.2) is 0 Å². The van der Waals surface area contributed by atoms with Crippen LogP contribution in [0.2, 0.25) is 0 Å². The van der Waals surface area contributed by atoms with Crippen LogP contribution in [0.1, 0.15) is 84.9 Å². The Labute approximate surface area is 301 Å². The van der Waals surface area contributed by atoms with Crippen molar-refractivity contribution in [2.45, 2.75) is 81.1 Å². The van der Waals surface area contributed by atoms with E-state index in [1.807, 2.05) is 36.4 Å². The summed E-state index contributed by atoms with van der Waals surface area (Å²) < 4.78 is 2.25. The predicted molar refractivity (Wildman–Crippen MR) is 183 cm³/mol. The Bertz CT molecular complexity index is 1520. The second-order valence-corrected chi connectivity index (χ2v) is 15.6. The van der Waals surface area contributed by atoms with Crippen molar-refractivity contribution >= 4 is 9.28 Å². The zero-order chi connectivity index (χ0) is 31.0. The molecular weight excluding hydrogens is 667 g/mol. The maximum Gasteiger partial charge on any atom is -0.172 e. The van der Waals surface area contributed by atoms with Crippen molar-refractivity contribution in [3.05, 3.63) is 136 Å². The van der Waals surface area contributed by atoms with Crippen molar-refractivity contribution < 1.29 is 49.0 Å². The third-order valence-electron chi connectivity index (χ3n) is 12.5. The van der Waals surface area contributed by atoms with Gasteiger partial charge in [-0.2, -0.15) is 29.3 Å². The number of allylic oxidation sites excluding steroid dienone is 6. The fourth-order valence-electron chi connectivity index (χ4n) is 8.62. The van der Waals surface area contributed by atoms with Crippen LogP contribution >= 0.6 is 0 Å². The van der Waals surface area contributed by atoms with Gasteiger partial charge in [-0.1, -0.05) is 113 Å². The second-order valence-electron chi connectivity index (χ2n) is 14.6. The summed E-state index contributed by atoms with van der Waals surface area (Å²) in [5.74, 6) is 2.24. The molecule has 0 aliphatic heterocycles. The first-order valence-corrected chi connectivity index (χ1v) is 17.6. The Balaban J connectivity index is 0.000000286. The Morgan fingerprint density at radius 3 is 2.07 bits per heavy atom. The van der Waals surface area contributed by atoms with Gasteiger partial charge in [-0.25, -0.2) is 18.1 Å². The Kier molecular flexibility index (Phi) is 12.2. The van der Waals surface area contributed by atoms with Gasteiger partial charge in [-0.15, -0.1) is 6.92 Å². The average molecular weight is 717 g/mol. The molecule has 238 valence electrons. The van der Waals surface area contributed by atoms with Gasteiger partial charge in [0.05, 0.1) is 0 Å². The van der Waals surface area contributed by atoms with Crippen LogP contribution in [-0.4, -0.2) is 3.71 Å². The molecule has 3 aromatic carbocycles. The summed E-state index contributed by atoms with van der Waals surface area (Å²) in [4.78, 5) is 0. The molecule has 0 aromatic heterocycles. The Morgan fingerprint density at radius 1 is 0.844 bits per heavy atom. The number of halogens is 2. The van der Waals surface area contributed by atoms with E-state index in [9.17, 15) is 0 Å². The van der Waals surface area contributed by atoms with E-state index < -0.39 is 0 Å². The van der Waals surface area contributed by atoms with Crippen LogP contribution in [-0.2, 0) is 37.1 Å². The summed E-state index contributed by atoms with van der Waals surface area (Å²) >= 11 is 1.51. The van der Waals surface area contributed by atoms with E-state index in [1.54, 1.807) is 28.2 Å². The largest absolute Gasteiger partial charge is 0.214 e. The zero-order valence-corrected chi connectivity index (χ0v) is 32.4. The van der Waals surface area contributed by atoms with Gasteiger partial charge in [-0.3, -0.25) is 0 Å². The third kappa shape index (κ3) is 6.17. The standard InChI is InChI=1S/C29H37.C8H8.C5H5.2ClH.Zr/c1-18-25-22-17-19-13-9-10-14-20(19)24(22)21-15-11-12-16-23(21)29(25,8)28(6,7)27(4,5)26(18,2)3;1-2-8-6-4-3-5-7-8;1-2-4-5-3-1;;;/h9-11,13-15,23H,12,16-17H2,1-8H3;1,3-7H,2H2;1-5H;2*1H;/q-1;;-1;;;+2/p-2. The summed E-state index contributed by atoms with van der Waals surface area (Å²) in [6.07, 6.45) is 9.63. The van der Waals surface area contributed by atoms with Gasteiger partial charge in [0.1, 0.15) is 0 Å². The Hall–Kier alpha value is -1.79. The maximum absolute atomic E-state index is 2.62. The Morgan fingerprint density at radius 2 is 1.47 bits per heavy atom. The molecule has 7 rings (SSSR count). The molecule has 0 saturated heterocycles. The van der Waals surface area contributed by atoms with E-state index in [2.05, 4.69) is 120 Å². The molecule has 0 heterocycles. The number of rotatable bonds is 2. The molecule has 2 atom stereocenters. The topological polar surface area (TPSA) is 0 Å². The van der Waals surface area contributed by atoms with Gasteiger partial charge in [0.2, 0.25) is 0 Å². The molecule has 0 bridgehead atoms. The van der Waals surface area contributed by atoms with Crippen molar-refractivity contribution in [2.75, 3.05) is 0 Å². The molecule has 0 N–H and O–H groups in total. The quantitative estimate of drug-likeness (QED) is 0.330. The van der Waals surface area contributed by atoms with Crippen molar-refractivity contribution in [1.82, 2.24) is 0 Å². The van der Waals surface area contributed by atoms with Crippen molar-refractivity contribution in [1.29, 1.82) is 0 Å². The predicted octanol–water partition coefficient (Wildman–Crippen LogP) is 4.96.